The van der Waals surface area contributed by atoms with Gasteiger partial charge in [-0.2, -0.15) is 17.4 Å². The summed E-state index contributed by atoms with van der Waals surface area (Å²) < 4.78 is 28.5. The first-order chi connectivity index (χ1) is 9.90. The number of hydrogen-bond donors (Lipinski definition) is 2. The van der Waals surface area contributed by atoms with E-state index in [1.807, 2.05) is 0 Å². The summed E-state index contributed by atoms with van der Waals surface area (Å²) in [6, 6.07) is 3.16. The van der Waals surface area contributed by atoms with E-state index in [1.165, 1.54) is 4.31 Å². The van der Waals surface area contributed by atoms with Crippen LogP contribution in [0.15, 0.2) is 24.5 Å². The highest BCUT2D eigenvalue weighted by molar-refractivity contribution is 7.87. The molecule has 1 aromatic rings. The number of pyridine rings is 1. The maximum absolute atomic E-state index is 12.3. The topological polar surface area (TPSA) is 99.6 Å². The summed E-state index contributed by atoms with van der Waals surface area (Å²) in [7, 11) is -3.62. The predicted octanol–water partition coefficient (Wildman–Crippen LogP) is 0.774. The van der Waals surface area contributed by atoms with Gasteiger partial charge >= 0.3 is 5.97 Å². The first-order valence-electron chi connectivity index (χ1n) is 6.80. The van der Waals surface area contributed by atoms with E-state index < -0.39 is 22.1 Å². The van der Waals surface area contributed by atoms with Crippen LogP contribution >= 0.6 is 0 Å². The highest BCUT2D eigenvalue weighted by atomic mass is 32.2. The Balaban J connectivity index is 1.98. The van der Waals surface area contributed by atoms with Crippen molar-refractivity contribution in [3.8, 4) is 0 Å². The number of piperidine rings is 1. The molecule has 2 rings (SSSR count). The molecule has 1 atom stereocenters. The van der Waals surface area contributed by atoms with Crippen LogP contribution in [-0.2, 0) is 15.0 Å². The minimum absolute atomic E-state index is 0.228. The molecule has 1 aromatic heterocycles. The first-order valence-corrected chi connectivity index (χ1v) is 8.24. The molecule has 0 aromatic carbocycles. The number of nitrogens with zero attached hydrogens (tertiary/aromatic N) is 2. The van der Waals surface area contributed by atoms with Crippen molar-refractivity contribution in [3.63, 3.8) is 0 Å². The van der Waals surface area contributed by atoms with Crippen molar-refractivity contribution in [2.45, 2.75) is 25.8 Å². The Kier molecular flexibility index (Phi) is 4.92. The molecule has 0 spiro atoms. The van der Waals surface area contributed by atoms with Gasteiger partial charge < -0.3 is 5.11 Å². The summed E-state index contributed by atoms with van der Waals surface area (Å²) in [5.41, 5.74) is 0.779. The second kappa shape index (κ2) is 6.50. The van der Waals surface area contributed by atoms with Gasteiger partial charge in [-0.25, -0.2) is 0 Å². The van der Waals surface area contributed by atoms with Crippen LogP contribution in [0.5, 0.6) is 0 Å². The molecule has 1 aliphatic heterocycles. The molecule has 2 heterocycles. The summed E-state index contributed by atoms with van der Waals surface area (Å²) >= 11 is 0. The number of nitrogens with one attached hydrogen (secondary N) is 1. The summed E-state index contributed by atoms with van der Waals surface area (Å²) in [5, 5.41) is 8.93. The van der Waals surface area contributed by atoms with Gasteiger partial charge in [-0.3, -0.25) is 9.78 Å². The Hall–Kier alpha value is -1.51. The lowest BCUT2D eigenvalue weighted by molar-refractivity contribution is -0.142. The molecular weight excluding hydrogens is 294 g/mol. The van der Waals surface area contributed by atoms with Gasteiger partial charge in [-0.1, -0.05) is 6.07 Å². The number of hydrogen-bond acceptors (Lipinski definition) is 4. The fourth-order valence-corrected chi connectivity index (χ4v) is 3.76. The highest BCUT2D eigenvalue weighted by Gasteiger charge is 2.31. The SMILES string of the molecule is C[C@H](NS(=O)(=O)N1CCC(C(=O)O)CC1)c1cccnc1. The smallest absolute Gasteiger partial charge is 0.306 e. The van der Waals surface area contributed by atoms with Crippen LogP contribution in [0.4, 0.5) is 0 Å². The van der Waals surface area contributed by atoms with Crippen molar-refractivity contribution in [2.75, 3.05) is 13.1 Å². The van der Waals surface area contributed by atoms with E-state index in [-0.39, 0.29) is 19.1 Å². The zero-order valence-corrected chi connectivity index (χ0v) is 12.6. The Morgan fingerprint density at radius 2 is 2.14 bits per heavy atom. The minimum atomic E-state index is -3.62. The second-order valence-electron chi connectivity index (χ2n) is 5.14. The van der Waals surface area contributed by atoms with Crippen molar-refractivity contribution < 1.29 is 18.3 Å². The van der Waals surface area contributed by atoms with Crippen LogP contribution in [0.3, 0.4) is 0 Å². The third-order valence-electron chi connectivity index (χ3n) is 3.65. The first kappa shape index (κ1) is 15.9. The fraction of sp³-hybridized carbons (Fsp3) is 0.538. The van der Waals surface area contributed by atoms with Gasteiger partial charge in [0.15, 0.2) is 0 Å². The van der Waals surface area contributed by atoms with E-state index in [0.29, 0.717) is 12.8 Å². The molecule has 21 heavy (non-hydrogen) atoms. The lowest BCUT2D eigenvalue weighted by Crippen LogP contribution is -2.46. The van der Waals surface area contributed by atoms with Gasteiger partial charge in [0.05, 0.1) is 5.92 Å². The monoisotopic (exact) mass is 313 g/mol. The minimum Gasteiger partial charge on any atom is -0.481 e. The van der Waals surface area contributed by atoms with Crippen molar-refractivity contribution in [2.24, 2.45) is 5.92 Å². The van der Waals surface area contributed by atoms with Gasteiger partial charge in [0.25, 0.3) is 10.2 Å². The van der Waals surface area contributed by atoms with Crippen molar-refractivity contribution in [1.82, 2.24) is 14.0 Å². The second-order valence-corrected chi connectivity index (χ2v) is 6.84. The summed E-state index contributed by atoms with van der Waals surface area (Å²) in [6.45, 7) is 2.21. The number of rotatable bonds is 5. The molecule has 0 radical (unpaired) electrons. The Morgan fingerprint density at radius 1 is 1.48 bits per heavy atom. The Labute approximate surface area is 124 Å². The molecule has 0 amide bonds. The lowest BCUT2D eigenvalue weighted by atomic mass is 9.99. The largest absolute Gasteiger partial charge is 0.481 e. The number of carbonyl (C=O) groups is 1. The van der Waals surface area contributed by atoms with Crippen molar-refractivity contribution in [1.29, 1.82) is 0 Å². The standard InChI is InChI=1S/C13H19N3O4S/c1-10(12-3-2-6-14-9-12)15-21(19,20)16-7-4-11(5-8-16)13(17)18/h2-3,6,9-11,15H,4-5,7-8H2,1H3,(H,17,18)/t10-/m0/s1. The van der Waals surface area contributed by atoms with Crippen molar-refractivity contribution >= 4 is 16.2 Å². The van der Waals surface area contributed by atoms with Gasteiger partial charge in [-0.05, 0) is 31.4 Å². The summed E-state index contributed by atoms with van der Waals surface area (Å²) in [5.74, 6) is -1.31. The maximum atomic E-state index is 12.3. The van der Waals surface area contributed by atoms with Crippen LogP contribution in [-0.4, -0.2) is 41.9 Å². The van der Waals surface area contributed by atoms with Crippen molar-refractivity contribution in [3.05, 3.63) is 30.1 Å². The molecule has 116 valence electrons. The van der Waals surface area contributed by atoms with E-state index in [9.17, 15) is 13.2 Å². The zero-order chi connectivity index (χ0) is 15.5. The van der Waals surface area contributed by atoms with E-state index in [0.717, 1.165) is 5.56 Å². The van der Waals surface area contributed by atoms with Crippen LogP contribution in [0.1, 0.15) is 31.4 Å². The molecule has 1 saturated heterocycles. The Bertz CT molecular complexity index is 583. The maximum Gasteiger partial charge on any atom is 0.306 e. The summed E-state index contributed by atoms with van der Waals surface area (Å²) in [6.07, 6.45) is 3.93. The third kappa shape index (κ3) is 3.99. The normalized spacial score (nSPS) is 19.3. The number of carboxylic acid groups (broad SMARTS) is 1. The molecule has 0 unspecified atom stereocenters. The number of aliphatic carboxylic acids is 1. The highest BCUT2D eigenvalue weighted by Crippen LogP contribution is 2.20. The fourth-order valence-electron chi connectivity index (χ4n) is 2.34. The summed E-state index contributed by atoms with van der Waals surface area (Å²) in [4.78, 5) is 14.8. The quantitative estimate of drug-likeness (QED) is 0.836. The van der Waals surface area contributed by atoms with Gasteiger partial charge in [0, 0.05) is 31.5 Å². The predicted molar refractivity (Wildman–Crippen MR) is 76.6 cm³/mol. The molecular formula is C13H19N3O4S. The molecule has 0 aliphatic carbocycles. The molecule has 1 aliphatic rings. The molecule has 0 bridgehead atoms. The van der Waals surface area contributed by atoms with Gasteiger partial charge in [-0.15, -0.1) is 0 Å². The van der Waals surface area contributed by atoms with E-state index in [2.05, 4.69) is 9.71 Å². The molecule has 2 N–H and O–H groups in total. The molecule has 0 saturated carbocycles. The van der Waals surface area contributed by atoms with E-state index >= 15 is 0 Å². The van der Waals surface area contributed by atoms with E-state index in [1.54, 1.807) is 31.5 Å². The average Bonchev–Trinajstić information content (AvgIpc) is 2.48. The molecule has 7 nitrogen and oxygen atoms in total. The van der Waals surface area contributed by atoms with Crippen LogP contribution < -0.4 is 4.72 Å². The lowest BCUT2D eigenvalue weighted by Gasteiger charge is -2.30. The van der Waals surface area contributed by atoms with Gasteiger partial charge in [0.1, 0.15) is 0 Å². The molecule has 1 fully saturated rings. The Morgan fingerprint density at radius 3 is 2.67 bits per heavy atom. The van der Waals surface area contributed by atoms with Crippen LogP contribution in [0, 0.1) is 5.92 Å². The van der Waals surface area contributed by atoms with Crippen LogP contribution in [0.2, 0.25) is 0 Å². The average molecular weight is 313 g/mol. The van der Waals surface area contributed by atoms with Gasteiger partial charge in [0.2, 0.25) is 0 Å². The zero-order valence-electron chi connectivity index (χ0n) is 11.8. The number of carboxylic acids is 1. The third-order valence-corrected chi connectivity index (χ3v) is 5.35. The van der Waals surface area contributed by atoms with E-state index in [4.69, 9.17) is 5.11 Å². The molecule has 8 heteroatoms. The van der Waals surface area contributed by atoms with Crippen LogP contribution in [0.25, 0.3) is 0 Å². The number of aromatic nitrogens is 1.